The number of hydrogen-bond donors (Lipinski definition) is 0. The van der Waals surface area contributed by atoms with Gasteiger partial charge in [0, 0.05) is 0 Å². The summed E-state index contributed by atoms with van der Waals surface area (Å²) < 4.78 is 40.6. The molecule has 0 radical (unpaired) electrons. The lowest BCUT2D eigenvalue weighted by Crippen LogP contribution is -2.24. The lowest BCUT2D eigenvalue weighted by atomic mass is 9.69. The van der Waals surface area contributed by atoms with Crippen molar-refractivity contribution in [3.8, 4) is 5.75 Å². The summed E-state index contributed by atoms with van der Waals surface area (Å²) in [5.41, 5.74) is 1.16. The van der Waals surface area contributed by atoms with E-state index in [-0.39, 0.29) is 5.75 Å². The zero-order valence-corrected chi connectivity index (χ0v) is 13.6. The van der Waals surface area contributed by atoms with Crippen molar-refractivity contribution in [2.24, 2.45) is 17.8 Å². The van der Waals surface area contributed by atoms with E-state index in [0.717, 1.165) is 29.7 Å². The van der Waals surface area contributed by atoms with Crippen LogP contribution in [0.15, 0.2) is 24.3 Å². The lowest BCUT2D eigenvalue weighted by Gasteiger charge is -2.36. The molecule has 0 heterocycles. The predicted octanol–water partition coefficient (Wildman–Crippen LogP) is 6.30. The monoisotopic (exact) mass is 326 g/mol. The lowest BCUT2D eigenvalue weighted by molar-refractivity contribution is -0.274. The maximum atomic E-state index is 12.2. The van der Waals surface area contributed by atoms with Gasteiger partial charge in [-0.05, 0) is 67.1 Å². The fraction of sp³-hybridized carbons (Fsp3) is 0.684. The minimum absolute atomic E-state index is 0.127. The van der Waals surface area contributed by atoms with Gasteiger partial charge in [0.25, 0.3) is 0 Å². The Bertz CT molecular complexity index is 508. The Hall–Kier alpha value is -1.19. The number of alkyl halides is 3. The van der Waals surface area contributed by atoms with Gasteiger partial charge in [0.15, 0.2) is 0 Å². The van der Waals surface area contributed by atoms with E-state index in [4.69, 9.17) is 0 Å². The predicted molar refractivity (Wildman–Crippen MR) is 84.3 cm³/mol. The largest absolute Gasteiger partial charge is 0.573 e. The van der Waals surface area contributed by atoms with Gasteiger partial charge in [-0.15, -0.1) is 13.2 Å². The van der Waals surface area contributed by atoms with E-state index in [2.05, 4.69) is 11.7 Å². The Kier molecular flexibility index (Phi) is 4.88. The summed E-state index contributed by atoms with van der Waals surface area (Å²) in [4.78, 5) is 0. The standard InChI is InChI=1S/C19H25F3O/c1-13-3-2-4-15-12-17(6-5-16(15)11-13)14-7-9-18(10-8-14)23-19(20,21)22/h7-10,13,15-17H,2-6,11-12H2,1H3. The zero-order chi connectivity index (χ0) is 16.4. The molecule has 3 rings (SSSR count). The van der Waals surface area contributed by atoms with E-state index in [0.29, 0.717) is 5.92 Å². The maximum absolute atomic E-state index is 12.2. The van der Waals surface area contributed by atoms with Crippen LogP contribution in [-0.4, -0.2) is 6.36 Å². The highest BCUT2D eigenvalue weighted by molar-refractivity contribution is 5.30. The van der Waals surface area contributed by atoms with E-state index in [9.17, 15) is 13.2 Å². The number of rotatable bonds is 2. The first-order valence-corrected chi connectivity index (χ1v) is 8.76. The molecular weight excluding hydrogens is 301 g/mol. The molecule has 23 heavy (non-hydrogen) atoms. The third-order valence-electron chi connectivity index (χ3n) is 5.70. The van der Waals surface area contributed by atoms with Gasteiger partial charge in [-0.25, -0.2) is 0 Å². The molecule has 2 saturated carbocycles. The average molecular weight is 326 g/mol. The van der Waals surface area contributed by atoms with E-state index in [1.807, 2.05) is 12.1 Å². The zero-order valence-electron chi connectivity index (χ0n) is 13.6. The molecule has 2 aliphatic carbocycles. The number of ether oxygens (including phenoxy) is 1. The van der Waals surface area contributed by atoms with Crippen molar-refractivity contribution in [1.82, 2.24) is 0 Å². The van der Waals surface area contributed by atoms with Crippen molar-refractivity contribution in [3.63, 3.8) is 0 Å². The molecular formula is C19H25F3O. The second-order valence-corrected chi connectivity index (χ2v) is 7.42. The highest BCUT2D eigenvalue weighted by Crippen LogP contribution is 2.46. The van der Waals surface area contributed by atoms with Gasteiger partial charge in [-0.3, -0.25) is 0 Å². The fourth-order valence-corrected chi connectivity index (χ4v) is 4.60. The summed E-state index contributed by atoms with van der Waals surface area (Å²) in [6, 6.07) is 6.52. The Labute approximate surface area is 136 Å². The molecule has 0 aliphatic heterocycles. The molecule has 4 unspecified atom stereocenters. The van der Waals surface area contributed by atoms with Crippen LogP contribution in [0, 0.1) is 17.8 Å². The normalized spacial score (nSPS) is 32.0. The van der Waals surface area contributed by atoms with Gasteiger partial charge < -0.3 is 4.74 Å². The molecule has 1 nitrogen and oxygen atoms in total. The van der Waals surface area contributed by atoms with Crippen LogP contribution in [0.2, 0.25) is 0 Å². The SMILES string of the molecule is CC1CCCC2CC(c3ccc(OC(F)(F)F)cc3)CCC2C1. The highest BCUT2D eigenvalue weighted by atomic mass is 19.4. The third kappa shape index (κ3) is 4.42. The van der Waals surface area contributed by atoms with Crippen LogP contribution in [0.25, 0.3) is 0 Å². The number of fused-ring (bicyclic) bond motifs is 1. The fourth-order valence-electron chi connectivity index (χ4n) is 4.60. The molecule has 4 heteroatoms. The van der Waals surface area contributed by atoms with Gasteiger partial charge in [-0.2, -0.15) is 0 Å². The molecule has 1 aromatic rings. The Morgan fingerprint density at radius 2 is 1.61 bits per heavy atom. The van der Waals surface area contributed by atoms with Gasteiger partial charge in [0.05, 0.1) is 0 Å². The van der Waals surface area contributed by atoms with Crippen molar-refractivity contribution in [2.45, 2.75) is 64.1 Å². The number of benzene rings is 1. The van der Waals surface area contributed by atoms with Crippen molar-refractivity contribution >= 4 is 0 Å². The van der Waals surface area contributed by atoms with E-state index < -0.39 is 6.36 Å². The van der Waals surface area contributed by atoms with Gasteiger partial charge in [-0.1, -0.05) is 38.3 Å². The average Bonchev–Trinajstić information content (AvgIpc) is 2.66. The first-order valence-electron chi connectivity index (χ1n) is 8.76. The van der Waals surface area contributed by atoms with Crippen LogP contribution >= 0.6 is 0 Å². The molecule has 0 bridgehead atoms. The number of hydrogen-bond acceptors (Lipinski definition) is 1. The van der Waals surface area contributed by atoms with Crippen LogP contribution in [0.3, 0.4) is 0 Å². The topological polar surface area (TPSA) is 9.23 Å². The molecule has 0 spiro atoms. The van der Waals surface area contributed by atoms with Crippen LogP contribution in [0.1, 0.15) is 63.4 Å². The summed E-state index contributed by atoms with van der Waals surface area (Å²) >= 11 is 0. The molecule has 0 N–H and O–H groups in total. The van der Waals surface area contributed by atoms with Crippen molar-refractivity contribution in [3.05, 3.63) is 29.8 Å². The smallest absolute Gasteiger partial charge is 0.406 e. The second kappa shape index (κ2) is 6.74. The molecule has 0 amide bonds. The highest BCUT2D eigenvalue weighted by Gasteiger charge is 2.34. The molecule has 2 fully saturated rings. The van der Waals surface area contributed by atoms with Crippen molar-refractivity contribution in [2.75, 3.05) is 0 Å². The summed E-state index contributed by atoms with van der Waals surface area (Å²) in [6.45, 7) is 2.37. The minimum Gasteiger partial charge on any atom is -0.406 e. The van der Waals surface area contributed by atoms with Crippen molar-refractivity contribution < 1.29 is 17.9 Å². The molecule has 2 aliphatic rings. The molecule has 1 aromatic carbocycles. The van der Waals surface area contributed by atoms with Crippen molar-refractivity contribution in [1.29, 1.82) is 0 Å². The third-order valence-corrected chi connectivity index (χ3v) is 5.70. The van der Waals surface area contributed by atoms with Crippen LogP contribution in [0.5, 0.6) is 5.75 Å². The Morgan fingerprint density at radius 1 is 0.913 bits per heavy atom. The van der Waals surface area contributed by atoms with Gasteiger partial charge in [0.1, 0.15) is 5.75 Å². The van der Waals surface area contributed by atoms with Crippen LogP contribution < -0.4 is 4.74 Å². The molecule has 4 atom stereocenters. The van der Waals surface area contributed by atoms with E-state index in [1.54, 1.807) is 0 Å². The number of halogens is 3. The second-order valence-electron chi connectivity index (χ2n) is 7.42. The Balaban J connectivity index is 1.64. The van der Waals surface area contributed by atoms with Gasteiger partial charge in [0.2, 0.25) is 0 Å². The first-order chi connectivity index (χ1) is 10.9. The van der Waals surface area contributed by atoms with E-state index >= 15 is 0 Å². The summed E-state index contributed by atoms with van der Waals surface area (Å²) in [5, 5.41) is 0. The summed E-state index contributed by atoms with van der Waals surface area (Å²) in [5.74, 6) is 2.87. The molecule has 0 saturated heterocycles. The Morgan fingerprint density at radius 3 is 2.30 bits per heavy atom. The molecule has 128 valence electrons. The summed E-state index contributed by atoms with van der Waals surface area (Å²) in [7, 11) is 0. The quantitative estimate of drug-likeness (QED) is 0.620. The van der Waals surface area contributed by atoms with Gasteiger partial charge >= 0.3 is 6.36 Å². The molecule has 0 aromatic heterocycles. The first kappa shape index (κ1) is 16.7. The minimum atomic E-state index is -4.61. The summed E-state index contributed by atoms with van der Waals surface area (Å²) in [6.07, 6.45) is 4.35. The van der Waals surface area contributed by atoms with Crippen LogP contribution in [-0.2, 0) is 0 Å². The van der Waals surface area contributed by atoms with E-state index in [1.165, 1.54) is 50.7 Å². The maximum Gasteiger partial charge on any atom is 0.573 e. The van der Waals surface area contributed by atoms with Crippen LogP contribution in [0.4, 0.5) is 13.2 Å².